The highest BCUT2D eigenvalue weighted by atomic mass is 32.1. The Hall–Kier alpha value is -2.99. The van der Waals surface area contributed by atoms with Gasteiger partial charge in [0.1, 0.15) is 17.3 Å². The molecule has 3 nitrogen and oxygen atoms in total. The molecule has 0 radical (unpaired) electrons. The summed E-state index contributed by atoms with van der Waals surface area (Å²) in [5.74, 6) is -0.995. The lowest BCUT2D eigenvalue weighted by atomic mass is 10.2. The third-order valence-electron chi connectivity index (χ3n) is 4.44. The van der Waals surface area contributed by atoms with Crippen LogP contribution in [0.4, 0.5) is 8.78 Å². The molecule has 0 atom stereocenters. The predicted octanol–water partition coefficient (Wildman–Crippen LogP) is 4.96. The molecule has 0 bridgehead atoms. The lowest BCUT2D eigenvalue weighted by Crippen LogP contribution is -2.26. The zero-order valence-corrected chi connectivity index (χ0v) is 15.1. The fourth-order valence-corrected chi connectivity index (χ4v) is 3.86. The van der Waals surface area contributed by atoms with Gasteiger partial charge in [0, 0.05) is 17.7 Å². The lowest BCUT2D eigenvalue weighted by Gasteiger charge is -2.12. The van der Waals surface area contributed by atoms with Gasteiger partial charge in [-0.1, -0.05) is 36.4 Å². The molecule has 136 valence electrons. The maximum atomic E-state index is 14.1. The van der Waals surface area contributed by atoms with Crippen molar-refractivity contribution < 1.29 is 13.6 Å². The van der Waals surface area contributed by atoms with E-state index in [-0.39, 0.29) is 30.6 Å². The molecule has 4 rings (SSSR count). The van der Waals surface area contributed by atoms with Crippen molar-refractivity contribution in [2.75, 3.05) is 0 Å². The maximum Gasteiger partial charge on any atom is 0.268 e. The average Bonchev–Trinajstić information content (AvgIpc) is 3.25. The minimum atomic E-state index is -0.361. The summed E-state index contributed by atoms with van der Waals surface area (Å²) in [7, 11) is 0. The van der Waals surface area contributed by atoms with Crippen molar-refractivity contribution in [2.45, 2.75) is 13.1 Å². The molecule has 1 amide bonds. The van der Waals surface area contributed by atoms with Gasteiger partial charge < -0.3 is 9.88 Å². The number of benzene rings is 2. The van der Waals surface area contributed by atoms with Gasteiger partial charge in [-0.25, -0.2) is 8.78 Å². The molecule has 2 heterocycles. The largest absolute Gasteiger partial charge is 0.347 e. The van der Waals surface area contributed by atoms with Crippen molar-refractivity contribution in [1.82, 2.24) is 9.88 Å². The second-order valence-corrected chi connectivity index (χ2v) is 7.10. The van der Waals surface area contributed by atoms with Gasteiger partial charge in [0.2, 0.25) is 0 Å². The normalized spacial score (nSPS) is 11.0. The van der Waals surface area contributed by atoms with Crippen LogP contribution in [0.2, 0.25) is 0 Å². The first-order chi connectivity index (χ1) is 13.1. The zero-order chi connectivity index (χ0) is 18.8. The standard InChI is InChI=1S/C21H16F2N2OS/c22-16-7-3-1-5-14(16)12-24-21(26)19-11-20-18(9-10-27-20)25(19)13-15-6-2-4-8-17(15)23/h1-11H,12-13H2,(H,24,26). The number of thiophene rings is 1. The fraction of sp³-hybridized carbons (Fsp3) is 0.0952. The van der Waals surface area contributed by atoms with Crippen LogP contribution in [0.5, 0.6) is 0 Å². The number of hydrogen-bond donors (Lipinski definition) is 1. The van der Waals surface area contributed by atoms with Crippen LogP contribution in [0.1, 0.15) is 21.6 Å². The van der Waals surface area contributed by atoms with Crippen LogP contribution in [0.15, 0.2) is 66.0 Å². The molecule has 0 aliphatic heterocycles. The molecule has 0 aliphatic carbocycles. The number of hydrogen-bond acceptors (Lipinski definition) is 2. The first-order valence-corrected chi connectivity index (χ1v) is 9.33. The predicted molar refractivity (Wildman–Crippen MR) is 103 cm³/mol. The van der Waals surface area contributed by atoms with Gasteiger partial charge in [0.15, 0.2) is 0 Å². The molecule has 4 aromatic rings. The van der Waals surface area contributed by atoms with E-state index >= 15 is 0 Å². The van der Waals surface area contributed by atoms with Gasteiger partial charge in [-0.15, -0.1) is 11.3 Å². The van der Waals surface area contributed by atoms with Crippen molar-refractivity contribution in [3.63, 3.8) is 0 Å². The third-order valence-corrected chi connectivity index (χ3v) is 5.29. The van der Waals surface area contributed by atoms with E-state index in [1.165, 1.54) is 23.5 Å². The van der Waals surface area contributed by atoms with Crippen LogP contribution in [-0.2, 0) is 13.1 Å². The number of aromatic nitrogens is 1. The molecular weight excluding hydrogens is 366 g/mol. The molecule has 27 heavy (non-hydrogen) atoms. The Morgan fingerprint density at radius 3 is 2.33 bits per heavy atom. The summed E-state index contributed by atoms with van der Waals surface area (Å²) in [4.78, 5) is 12.7. The summed E-state index contributed by atoms with van der Waals surface area (Å²) in [6.45, 7) is 0.333. The molecule has 2 aromatic carbocycles. The Morgan fingerprint density at radius 1 is 0.963 bits per heavy atom. The van der Waals surface area contributed by atoms with E-state index in [0.717, 1.165) is 10.2 Å². The fourth-order valence-electron chi connectivity index (χ4n) is 3.04. The SMILES string of the molecule is O=C(NCc1ccccc1F)c1cc2sccc2n1Cc1ccccc1F. The summed E-state index contributed by atoms with van der Waals surface area (Å²) in [6, 6.07) is 16.5. The summed E-state index contributed by atoms with van der Waals surface area (Å²) >= 11 is 1.52. The molecule has 0 aliphatic rings. The first kappa shape index (κ1) is 17.4. The number of nitrogens with zero attached hydrogens (tertiary/aromatic N) is 1. The van der Waals surface area contributed by atoms with E-state index < -0.39 is 0 Å². The number of carbonyl (C=O) groups is 1. The van der Waals surface area contributed by atoms with E-state index in [2.05, 4.69) is 5.32 Å². The number of fused-ring (bicyclic) bond motifs is 1. The summed E-state index contributed by atoms with van der Waals surface area (Å²) in [5.41, 5.74) is 2.22. The minimum absolute atomic E-state index is 0.0873. The van der Waals surface area contributed by atoms with E-state index in [4.69, 9.17) is 0 Å². The number of nitrogens with one attached hydrogen (secondary N) is 1. The van der Waals surface area contributed by atoms with Gasteiger partial charge >= 0.3 is 0 Å². The molecule has 0 fully saturated rings. The van der Waals surface area contributed by atoms with Crippen molar-refractivity contribution >= 4 is 27.5 Å². The average molecular weight is 382 g/mol. The van der Waals surface area contributed by atoms with Gasteiger partial charge in [0.05, 0.1) is 16.8 Å². The Kier molecular flexibility index (Phi) is 4.73. The summed E-state index contributed by atoms with van der Waals surface area (Å²) in [6.07, 6.45) is 0. The highest BCUT2D eigenvalue weighted by molar-refractivity contribution is 7.17. The molecule has 0 saturated carbocycles. The molecule has 2 aromatic heterocycles. The van der Waals surface area contributed by atoms with Crippen LogP contribution >= 0.6 is 11.3 Å². The van der Waals surface area contributed by atoms with Crippen molar-refractivity contribution in [2.24, 2.45) is 0 Å². The Bertz CT molecular complexity index is 1120. The monoisotopic (exact) mass is 382 g/mol. The maximum absolute atomic E-state index is 14.1. The number of amides is 1. The molecule has 0 spiro atoms. The second kappa shape index (κ2) is 7.32. The zero-order valence-electron chi connectivity index (χ0n) is 14.3. The smallest absolute Gasteiger partial charge is 0.268 e. The molecule has 1 N–H and O–H groups in total. The van der Waals surface area contributed by atoms with Crippen molar-refractivity contribution in [3.8, 4) is 0 Å². The van der Waals surface area contributed by atoms with Crippen LogP contribution in [0.3, 0.4) is 0 Å². The van der Waals surface area contributed by atoms with E-state index in [0.29, 0.717) is 16.8 Å². The number of halogens is 2. The summed E-state index contributed by atoms with van der Waals surface area (Å²) < 4.78 is 30.6. The minimum Gasteiger partial charge on any atom is -0.347 e. The molecule has 0 unspecified atom stereocenters. The lowest BCUT2D eigenvalue weighted by molar-refractivity contribution is 0.0942. The van der Waals surface area contributed by atoms with E-state index in [9.17, 15) is 13.6 Å². The molecular formula is C21H16F2N2OS. The Morgan fingerprint density at radius 2 is 1.63 bits per heavy atom. The van der Waals surface area contributed by atoms with E-state index in [1.807, 2.05) is 11.4 Å². The topological polar surface area (TPSA) is 34.0 Å². The van der Waals surface area contributed by atoms with Gasteiger partial charge in [-0.2, -0.15) is 0 Å². The van der Waals surface area contributed by atoms with Gasteiger partial charge in [-0.05, 0) is 29.6 Å². The summed E-state index contributed by atoms with van der Waals surface area (Å²) in [5, 5.41) is 4.69. The van der Waals surface area contributed by atoms with Gasteiger partial charge in [-0.3, -0.25) is 4.79 Å². The quantitative estimate of drug-likeness (QED) is 0.520. The first-order valence-electron chi connectivity index (χ1n) is 8.45. The Balaban J connectivity index is 1.63. The van der Waals surface area contributed by atoms with Crippen molar-refractivity contribution in [3.05, 3.63) is 94.5 Å². The van der Waals surface area contributed by atoms with E-state index in [1.54, 1.807) is 47.0 Å². The van der Waals surface area contributed by atoms with Crippen LogP contribution in [0, 0.1) is 11.6 Å². The third kappa shape index (κ3) is 3.48. The van der Waals surface area contributed by atoms with Crippen molar-refractivity contribution in [1.29, 1.82) is 0 Å². The van der Waals surface area contributed by atoms with Gasteiger partial charge in [0.25, 0.3) is 5.91 Å². The number of carbonyl (C=O) groups excluding carboxylic acids is 1. The number of rotatable bonds is 5. The Labute approximate surface area is 158 Å². The highest BCUT2D eigenvalue weighted by Crippen LogP contribution is 2.27. The molecule has 6 heteroatoms. The highest BCUT2D eigenvalue weighted by Gasteiger charge is 2.18. The van der Waals surface area contributed by atoms with Crippen LogP contribution in [-0.4, -0.2) is 10.5 Å². The van der Waals surface area contributed by atoms with Crippen LogP contribution < -0.4 is 5.32 Å². The molecule has 0 saturated heterocycles. The second-order valence-electron chi connectivity index (χ2n) is 6.15. The van der Waals surface area contributed by atoms with Crippen LogP contribution in [0.25, 0.3) is 10.2 Å².